The van der Waals surface area contributed by atoms with Gasteiger partial charge in [0, 0.05) is 5.56 Å². The smallest absolute Gasteiger partial charge is 0.261 e. The molecule has 2 aromatic rings. The number of ether oxygens (including phenoxy) is 3. The summed E-state index contributed by atoms with van der Waals surface area (Å²) in [6.07, 6.45) is 0. The van der Waals surface area contributed by atoms with Gasteiger partial charge in [-0.15, -0.1) is 0 Å². The van der Waals surface area contributed by atoms with Crippen molar-refractivity contribution in [3.05, 3.63) is 47.0 Å². The molecule has 2 N–H and O–H groups in total. The van der Waals surface area contributed by atoms with E-state index in [0.29, 0.717) is 37.1 Å². The van der Waals surface area contributed by atoms with Crippen LogP contribution in [0.15, 0.2) is 30.3 Å². The van der Waals surface area contributed by atoms with Crippen LogP contribution in [-0.4, -0.2) is 37.5 Å². The second-order valence-electron chi connectivity index (χ2n) is 6.07. The molecular weight excluding hydrogens is 376 g/mol. The van der Waals surface area contributed by atoms with Gasteiger partial charge in [0.05, 0.1) is 36.6 Å². The number of hydrogen-bond acceptors (Lipinski definition) is 6. The van der Waals surface area contributed by atoms with Crippen LogP contribution in [0.2, 0.25) is 0 Å². The molecule has 0 saturated carbocycles. The molecule has 0 bridgehead atoms. The summed E-state index contributed by atoms with van der Waals surface area (Å²) in [6, 6.07) is 7.81. The van der Waals surface area contributed by atoms with Crippen LogP contribution < -0.4 is 24.8 Å². The van der Waals surface area contributed by atoms with Gasteiger partial charge in [-0.25, -0.2) is 0 Å². The van der Waals surface area contributed by atoms with Crippen molar-refractivity contribution in [3.63, 3.8) is 0 Å². The molecule has 0 fully saturated rings. The molecule has 0 saturated heterocycles. The Kier molecular flexibility index (Phi) is 6.01. The summed E-state index contributed by atoms with van der Waals surface area (Å²) >= 11 is 0. The van der Waals surface area contributed by atoms with Gasteiger partial charge in [0.2, 0.25) is 5.75 Å². The van der Waals surface area contributed by atoms with Gasteiger partial charge in [0.15, 0.2) is 11.5 Å². The maximum Gasteiger partial charge on any atom is 0.261 e. The number of rotatable bonds is 8. The highest BCUT2D eigenvalue weighted by Gasteiger charge is 2.30. The Labute approximate surface area is 168 Å². The first-order valence-corrected chi connectivity index (χ1v) is 9.36. The monoisotopic (exact) mass is 398 g/mol. The predicted octanol–water partition coefficient (Wildman–Crippen LogP) is 3.02. The second-order valence-corrected chi connectivity index (χ2v) is 6.07. The lowest BCUT2D eigenvalue weighted by atomic mass is 10.1. The number of carbonyl (C=O) groups excluding carboxylic acids is 3. The van der Waals surface area contributed by atoms with Crippen molar-refractivity contribution >= 4 is 23.4 Å². The molecule has 0 aromatic heterocycles. The number of amides is 3. The van der Waals surface area contributed by atoms with E-state index in [9.17, 15) is 14.4 Å². The van der Waals surface area contributed by atoms with E-state index in [1.165, 1.54) is 6.07 Å². The minimum Gasteiger partial charge on any atom is -0.490 e. The average molecular weight is 398 g/mol. The lowest BCUT2D eigenvalue weighted by Gasteiger charge is -2.17. The summed E-state index contributed by atoms with van der Waals surface area (Å²) < 4.78 is 16.9. The molecule has 2 aromatic carbocycles. The molecule has 8 heteroatoms. The van der Waals surface area contributed by atoms with Gasteiger partial charge < -0.3 is 19.5 Å². The molecule has 1 aliphatic heterocycles. The summed E-state index contributed by atoms with van der Waals surface area (Å²) in [5.41, 5.74) is 0.889. The molecule has 29 heavy (non-hydrogen) atoms. The van der Waals surface area contributed by atoms with Crippen LogP contribution in [0.4, 0.5) is 5.69 Å². The Bertz CT molecular complexity index is 943. The molecule has 8 nitrogen and oxygen atoms in total. The van der Waals surface area contributed by atoms with Crippen molar-refractivity contribution in [2.45, 2.75) is 20.8 Å². The van der Waals surface area contributed by atoms with Crippen LogP contribution in [0.5, 0.6) is 17.2 Å². The van der Waals surface area contributed by atoms with Crippen LogP contribution in [-0.2, 0) is 0 Å². The Morgan fingerprint density at radius 1 is 0.931 bits per heavy atom. The van der Waals surface area contributed by atoms with E-state index in [4.69, 9.17) is 14.2 Å². The first-order valence-electron chi connectivity index (χ1n) is 9.36. The molecule has 0 atom stereocenters. The highest BCUT2D eigenvalue weighted by atomic mass is 16.5. The summed E-state index contributed by atoms with van der Waals surface area (Å²) in [5.74, 6) is -0.306. The van der Waals surface area contributed by atoms with Crippen molar-refractivity contribution in [1.29, 1.82) is 0 Å². The fourth-order valence-corrected chi connectivity index (χ4v) is 3.04. The Balaban J connectivity index is 1.98. The third kappa shape index (κ3) is 4.01. The Morgan fingerprint density at radius 3 is 2.14 bits per heavy atom. The maximum absolute atomic E-state index is 12.9. The maximum atomic E-state index is 12.9. The van der Waals surface area contributed by atoms with Gasteiger partial charge in [-0.1, -0.05) is 6.07 Å². The van der Waals surface area contributed by atoms with E-state index in [2.05, 4.69) is 10.6 Å². The summed E-state index contributed by atoms with van der Waals surface area (Å²) in [4.78, 5) is 36.8. The molecule has 152 valence electrons. The molecular formula is C21H22N2O6. The van der Waals surface area contributed by atoms with Crippen LogP contribution in [0.1, 0.15) is 51.8 Å². The molecule has 0 radical (unpaired) electrons. The van der Waals surface area contributed by atoms with Gasteiger partial charge in [0.1, 0.15) is 0 Å². The van der Waals surface area contributed by atoms with E-state index in [1.54, 1.807) is 24.3 Å². The molecule has 3 amide bonds. The van der Waals surface area contributed by atoms with Gasteiger partial charge in [0.25, 0.3) is 17.7 Å². The highest BCUT2D eigenvalue weighted by molar-refractivity contribution is 6.25. The SMILES string of the molecule is CCOc1cc(C(=O)Nc2cccc3c2C(=O)NC3=O)cc(OCC)c1OCC. The van der Waals surface area contributed by atoms with Gasteiger partial charge in [-0.3, -0.25) is 19.7 Å². The number of fused-ring (bicyclic) bond motifs is 1. The van der Waals surface area contributed by atoms with E-state index in [1.807, 2.05) is 20.8 Å². The van der Waals surface area contributed by atoms with Crippen molar-refractivity contribution in [1.82, 2.24) is 5.32 Å². The van der Waals surface area contributed by atoms with Crippen LogP contribution in [0, 0.1) is 0 Å². The molecule has 1 heterocycles. The number of imide groups is 1. The Morgan fingerprint density at radius 2 is 1.55 bits per heavy atom. The Hall–Kier alpha value is -3.55. The molecule has 0 unspecified atom stereocenters. The number of hydrogen-bond donors (Lipinski definition) is 2. The van der Waals surface area contributed by atoms with Crippen LogP contribution in [0.3, 0.4) is 0 Å². The van der Waals surface area contributed by atoms with Gasteiger partial charge in [-0.05, 0) is 45.0 Å². The lowest BCUT2D eigenvalue weighted by Crippen LogP contribution is -2.21. The van der Waals surface area contributed by atoms with E-state index in [-0.39, 0.29) is 22.4 Å². The summed E-state index contributed by atoms with van der Waals surface area (Å²) in [5, 5.41) is 4.92. The van der Waals surface area contributed by atoms with Crippen molar-refractivity contribution < 1.29 is 28.6 Å². The van der Waals surface area contributed by atoms with Crippen molar-refractivity contribution in [2.24, 2.45) is 0 Å². The zero-order valence-electron chi connectivity index (χ0n) is 16.5. The van der Waals surface area contributed by atoms with Crippen molar-refractivity contribution in [3.8, 4) is 17.2 Å². The fraction of sp³-hybridized carbons (Fsp3) is 0.286. The zero-order valence-corrected chi connectivity index (χ0v) is 16.5. The van der Waals surface area contributed by atoms with E-state index < -0.39 is 17.7 Å². The second kappa shape index (κ2) is 8.64. The number of carbonyl (C=O) groups is 3. The first-order chi connectivity index (χ1) is 14.0. The molecule has 0 aliphatic carbocycles. The quantitative estimate of drug-likeness (QED) is 0.663. The van der Waals surface area contributed by atoms with Crippen LogP contribution >= 0.6 is 0 Å². The largest absolute Gasteiger partial charge is 0.490 e. The third-order valence-electron chi connectivity index (χ3n) is 4.18. The molecule has 3 rings (SSSR count). The first kappa shape index (κ1) is 20.2. The molecule has 1 aliphatic rings. The van der Waals surface area contributed by atoms with Crippen molar-refractivity contribution in [2.75, 3.05) is 25.1 Å². The summed E-state index contributed by atoms with van der Waals surface area (Å²) in [7, 11) is 0. The topological polar surface area (TPSA) is 103 Å². The third-order valence-corrected chi connectivity index (χ3v) is 4.18. The van der Waals surface area contributed by atoms with Crippen LogP contribution in [0.25, 0.3) is 0 Å². The van der Waals surface area contributed by atoms with E-state index >= 15 is 0 Å². The number of anilines is 1. The highest BCUT2D eigenvalue weighted by Crippen LogP contribution is 2.39. The average Bonchev–Trinajstić information content (AvgIpc) is 2.99. The zero-order chi connectivity index (χ0) is 21.0. The predicted molar refractivity (Wildman–Crippen MR) is 106 cm³/mol. The molecule has 0 spiro atoms. The minimum absolute atomic E-state index is 0.145. The minimum atomic E-state index is -0.544. The van der Waals surface area contributed by atoms with Gasteiger partial charge in [-0.2, -0.15) is 0 Å². The summed E-state index contributed by atoms with van der Waals surface area (Å²) in [6.45, 7) is 6.66. The lowest BCUT2D eigenvalue weighted by molar-refractivity contribution is 0.0879. The number of benzene rings is 2. The fourth-order valence-electron chi connectivity index (χ4n) is 3.04. The van der Waals surface area contributed by atoms with E-state index in [0.717, 1.165) is 0 Å². The van der Waals surface area contributed by atoms with Gasteiger partial charge >= 0.3 is 0 Å². The number of nitrogens with one attached hydrogen (secondary N) is 2. The normalized spacial score (nSPS) is 12.2. The standard InChI is InChI=1S/C21H22N2O6/c1-4-27-15-10-12(11-16(28-5-2)18(15)29-6-3)19(24)22-14-9-7-8-13-17(14)21(26)23-20(13)25/h7-11H,4-6H2,1-3H3,(H,22,24)(H,23,25,26).